The Hall–Kier alpha value is -2.21. The van der Waals surface area contributed by atoms with Crippen molar-refractivity contribution in [3.63, 3.8) is 0 Å². The number of nitrogens with zero attached hydrogens (tertiary/aromatic N) is 2. The summed E-state index contributed by atoms with van der Waals surface area (Å²) in [4.78, 5) is 15.6. The normalized spacial score (nSPS) is 10.4. The summed E-state index contributed by atoms with van der Waals surface area (Å²) in [5.41, 5.74) is 1.07. The Morgan fingerprint density at radius 3 is 2.74 bits per heavy atom. The predicted molar refractivity (Wildman–Crippen MR) is 69.0 cm³/mol. The van der Waals surface area contributed by atoms with Gasteiger partial charge in [-0.25, -0.2) is 0 Å². The summed E-state index contributed by atoms with van der Waals surface area (Å²) in [6, 6.07) is 9.77. The minimum atomic E-state index is -0.0657. The number of nitrogens with one attached hydrogen (secondary N) is 2. The molecule has 2 rings (SSSR count). The number of hydrogen-bond acceptors (Lipinski definition) is 5. The summed E-state index contributed by atoms with van der Waals surface area (Å²) in [7, 11) is 0. The second-order valence-corrected chi connectivity index (χ2v) is 4.10. The number of hydrogen-bond donors (Lipinski definition) is 2. The fraction of sp³-hybridized carbons (Fsp3) is 0.308. The Balaban J connectivity index is 1.65. The molecular formula is C13H16N4O2. The molecule has 1 aromatic carbocycles. The van der Waals surface area contributed by atoms with Crippen molar-refractivity contribution in [2.24, 2.45) is 0 Å². The minimum absolute atomic E-state index is 0.0657. The van der Waals surface area contributed by atoms with Crippen LogP contribution in [0.25, 0.3) is 0 Å². The first-order valence-electron chi connectivity index (χ1n) is 6.04. The van der Waals surface area contributed by atoms with Gasteiger partial charge in [-0.2, -0.15) is 4.98 Å². The van der Waals surface area contributed by atoms with Crippen molar-refractivity contribution < 1.29 is 9.32 Å². The third kappa shape index (κ3) is 4.51. The van der Waals surface area contributed by atoms with Gasteiger partial charge in [0.2, 0.25) is 11.8 Å². The van der Waals surface area contributed by atoms with Gasteiger partial charge in [0.05, 0.1) is 13.1 Å². The smallest absolute Gasteiger partial charge is 0.234 e. The van der Waals surface area contributed by atoms with Crippen LogP contribution in [0.15, 0.2) is 34.9 Å². The minimum Gasteiger partial charge on any atom is -0.351 e. The molecule has 0 aliphatic rings. The molecule has 1 heterocycles. The highest BCUT2D eigenvalue weighted by Crippen LogP contribution is 1.97. The molecule has 0 spiro atoms. The van der Waals surface area contributed by atoms with E-state index in [2.05, 4.69) is 20.8 Å². The fourth-order valence-corrected chi connectivity index (χ4v) is 1.56. The highest BCUT2D eigenvalue weighted by molar-refractivity contribution is 5.77. The average molecular weight is 260 g/mol. The first-order valence-corrected chi connectivity index (χ1v) is 6.04. The number of benzene rings is 1. The number of rotatable bonds is 6. The van der Waals surface area contributed by atoms with Gasteiger partial charge in [-0.1, -0.05) is 35.5 Å². The zero-order valence-electron chi connectivity index (χ0n) is 10.7. The molecule has 0 radical (unpaired) electrons. The van der Waals surface area contributed by atoms with Crippen LogP contribution in [0.2, 0.25) is 0 Å². The molecule has 100 valence electrons. The van der Waals surface area contributed by atoms with Gasteiger partial charge in [0.25, 0.3) is 0 Å². The number of carbonyl (C=O) groups is 1. The second kappa shape index (κ2) is 6.65. The summed E-state index contributed by atoms with van der Waals surface area (Å²) < 4.78 is 4.83. The SMILES string of the molecule is Cc1nc(CNCC(=O)NCc2ccccc2)no1. The number of carbonyl (C=O) groups excluding carboxylic acids is 1. The zero-order chi connectivity index (χ0) is 13.5. The molecule has 0 aliphatic heterocycles. The zero-order valence-corrected chi connectivity index (χ0v) is 10.7. The monoisotopic (exact) mass is 260 g/mol. The van der Waals surface area contributed by atoms with Gasteiger partial charge in [-0.05, 0) is 5.56 Å². The second-order valence-electron chi connectivity index (χ2n) is 4.10. The van der Waals surface area contributed by atoms with Crippen LogP contribution in [0.1, 0.15) is 17.3 Å². The first-order chi connectivity index (χ1) is 9.24. The van der Waals surface area contributed by atoms with Crippen LogP contribution in [0, 0.1) is 6.92 Å². The Kier molecular flexibility index (Phi) is 4.63. The van der Waals surface area contributed by atoms with Crippen LogP contribution in [0.3, 0.4) is 0 Å². The van der Waals surface area contributed by atoms with E-state index >= 15 is 0 Å². The molecule has 1 amide bonds. The van der Waals surface area contributed by atoms with Crippen LogP contribution in [0.5, 0.6) is 0 Å². The van der Waals surface area contributed by atoms with E-state index in [1.807, 2.05) is 30.3 Å². The van der Waals surface area contributed by atoms with Crippen LogP contribution in [0.4, 0.5) is 0 Å². The van der Waals surface area contributed by atoms with Crippen LogP contribution >= 0.6 is 0 Å². The molecule has 0 fully saturated rings. The van der Waals surface area contributed by atoms with Gasteiger partial charge in [0, 0.05) is 13.5 Å². The summed E-state index contributed by atoms with van der Waals surface area (Å²) in [6.07, 6.45) is 0. The van der Waals surface area contributed by atoms with Crippen molar-refractivity contribution in [1.29, 1.82) is 0 Å². The van der Waals surface area contributed by atoms with E-state index in [1.165, 1.54) is 0 Å². The van der Waals surface area contributed by atoms with E-state index in [-0.39, 0.29) is 12.5 Å². The Morgan fingerprint density at radius 1 is 1.26 bits per heavy atom. The molecule has 0 atom stereocenters. The van der Waals surface area contributed by atoms with E-state index in [0.29, 0.717) is 24.8 Å². The molecule has 0 aliphatic carbocycles. The maximum Gasteiger partial charge on any atom is 0.234 e. The Morgan fingerprint density at radius 2 is 2.05 bits per heavy atom. The summed E-state index contributed by atoms with van der Waals surface area (Å²) in [5.74, 6) is 1.00. The van der Waals surface area contributed by atoms with Gasteiger partial charge in [0.15, 0.2) is 5.82 Å². The number of amides is 1. The van der Waals surface area contributed by atoms with Gasteiger partial charge in [0.1, 0.15) is 0 Å². The highest BCUT2D eigenvalue weighted by atomic mass is 16.5. The maximum atomic E-state index is 11.6. The topological polar surface area (TPSA) is 80.0 Å². The average Bonchev–Trinajstić information content (AvgIpc) is 2.83. The third-order valence-electron chi connectivity index (χ3n) is 2.47. The van der Waals surface area contributed by atoms with Crippen molar-refractivity contribution in [1.82, 2.24) is 20.8 Å². The molecule has 1 aromatic heterocycles. The van der Waals surface area contributed by atoms with E-state index in [0.717, 1.165) is 5.56 Å². The highest BCUT2D eigenvalue weighted by Gasteiger charge is 2.04. The molecule has 2 aromatic rings. The lowest BCUT2D eigenvalue weighted by molar-refractivity contribution is -0.120. The molecule has 0 bridgehead atoms. The lowest BCUT2D eigenvalue weighted by atomic mass is 10.2. The largest absolute Gasteiger partial charge is 0.351 e. The van der Waals surface area contributed by atoms with Crippen molar-refractivity contribution in [3.05, 3.63) is 47.6 Å². The maximum absolute atomic E-state index is 11.6. The quantitative estimate of drug-likeness (QED) is 0.802. The standard InChI is InChI=1S/C13H16N4O2/c1-10-16-12(17-19-10)8-14-9-13(18)15-7-11-5-3-2-4-6-11/h2-6,14H,7-9H2,1H3,(H,15,18). The number of aromatic nitrogens is 2. The van der Waals surface area contributed by atoms with Gasteiger partial charge < -0.3 is 15.2 Å². The van der Waals surface area contributed by atoms with Crippen LogP contribution < -0.4 is 10.6 Å². The van der Waals surface area contributed by atoms with Crippen LogP contribution in [-0.4, -0.2) is 22.6 Å². The van der Waals surface area contributed by atoms with Crippen molar-refractivity contribution in [3.8, 4) is 0 Å². The first kappa shape index (κ1) is 13.2. The number of aryl methyl sites for hydroxylation is 1. The van der Waals surface area contributed by atoms with Crippen LogP contribution in [-0.2, 0) is 17.9 Å². The van der Waals surface area contributed by atoms with Gasteiger partial charge in [-0.3, -0.25) is 4.79 Å². The summed E-state index contributed by atoms with van der Waals surface area (Å²) in [6.45, 7) is 2.89. The molecule has 0 unspecified atom stereocenters. The molecule has 2 N–H and O–H groups in total. The fourth-order valence-electron chi connectivity index (χ4n) is 1.56. The van der Waals surface area contributed by atoms with E-state index in [1.54, 1.807) is 6.92 Å². The van der Waals surface area contributed by atoms with E-state index in [9.17, 15) is 4.79 Å². The van der Waals surface area contributed by atoms with E-state index < -0.39 is 0 Å². The van der Waals surface area contributed by atoms with E-state index in [4.69, 9.17) is 4.52 Å². The molecular weight excluding hydrogens is 244 g/mol. The summed E-state index contributed by atoms with van der Waals surface area (Å²) in [5, 5.41) is 9.50. The van der Waals surface area contributed by atoms with Crippen molar-refractivity contribution in [2.75, 3.05) is 6.54 Å². The summed E-state index contributed by atoms with van der Waals surface area (Å²) >= 11 is 0. The predicted octanol–water partition coefficient (Wildman–Crippen LogP) is 0.784. The lowest BCUT2D eigenvalue weighted by Crippen LogP contribution is -2.33. The molecule has 0 saturated carbocycles. The van der Waals surface area contributed by atoms with Crippen molar-refractivity contribution in [2.45, 2.75) is 20.0 Å². The molecule has 6 heteroatoms. The molecule has 0 saturated heterocycles. The Bertz CT molecular complexity index is 524. The van der Waals surface area contributed by atoms with Gasteiger partial charge in [-0.15, -0.1) is 0 Å². The molecule has 19 heavy (non-hydrogen) atoms. The molecule has 6 nitrogen and oxygen atoms in total. The van der Waals surface area contributed by atoms with Crippen molar-refractivity contribution >= 4 is 5.91 Å². The Labute approximate surface area is 111 Å². The lowest BCUT2D eigenvalue weighted by Gasteiger charge is -2.05. The van der Waals surface area contributed by atoms with Gasteiger partial charge >= 0.3 is 0 Å². The third-order valence-corrected chi connectivity index (χ3v) is 2.47.